The Hall–Kier alpha value is -1.90. The van der Waals surface area contributed by atoms with Crippen LogP contribution in [-0.2, 0) is 19.4 Å². The number of hydrogen-bond donors (Lipinski definition) is 1. The van der Waals surface area contributed by atoms with Crippen molar-refractivity contribution in [1.29, 1.82) is 0 Å². The van der Waals surface area contributed by atoms with Crippen molar-refractivity contribution in [1.82, 2.24) is 9.97 Å². The van der Waals surface area contributed by atoms with E-state index < -0.39 is 0 Å². The third kappa shape index (κ3) is 2.98. The highest BCUT2D eigenvalue weighted by Crippen LogP contribution is 2.24. The maximum absolute atomic E-state index is 4.46. The van der Waals surface area contributed by atoms with Crippen molar-refractivity contribution >= 4 is 5.82 Å². The first-order valence-electron chi connectivity index (χ1n) is 7.45. The van der Waals surface area contributed by atoms with Crippen LogP contribution in [0.15, 0.2) is 30.6 Å². The van der Waals surface area contributed by atoms with Gasteiger partial charge in [-0.2, -0.15) is 0 Å². The molecule has 104 valence electrons. The standard InChI is InChI=1S/C17H21N3/c1-13-6-5-7-14(10-13)11-18-17-15-8-3-2-4-9-16(15)19-12-20-17/h5-7,10,12H,2-4,8-9,11H2,1H3,(H,18,19,20). The summed E-state index contributed by atoms with van der Waals surface area (Å²) in [5.41, 5.74) is 5.17. The Balaban J connectivity index is 1.77. The summed E-state index contributed by atoms with van der Waals surface area (Å²) in [7, 11) is 0. The summed E-state index contributed by atoms with van der Waals surface area (Å²) in [5.74, 6) is 1.03. The molecule has 1 aromatic heterocycles. The molecule has 0 saturated carbocycles. The van der Waals surface area contributed by atoms with Crippen LogP contribution in [0.3, 0.4) is 0 Å². The topological polar surface area (TPSA) is 37.8 Å². The molecule has 1 aromatic carbocycles. The zero-order valence-electron chi connectivity index (χ0n) is 12.0. The van der Waals surface area contributed by atoms with Gasteiger partial charge in [0, 0.05) is 17.8 Å². The lowest BCUT2D eigenvalue weighted by Gasteiger charge is -2.12. The Morgan fingerprint density at radius 3 is 2.90 bits per heavy atom. The molecule has 0 fully saturated rings. The summed E-state index contributed by atoms with van der Waals surface area (Å²) in [6, 6.07) is 8.60. The zero-order valence-corrected chi connectivity index (χ0v) is 12.0. The van der Waals surface area contributed by atoms with Crippen molar-refractivity contribution in [2.45, 2.75) is 45.6 Å². The Morgan fingerprint density at radius 1 is 1.10 bits per heavy atom. The van der Waals surface area contributed by atoms with Crippen molar-refractivity contribution in [2.24, 2.45) is 0 Å². The number of nitrogens with one attached hydrogen (secondary N) is 1. The highest BCUT2D eigenvalue weighted by atomic mass is 15.0. The fourth-order valence-corrected chi connectivity index (χ4v) is 2.86. The van der Waals surface area contributed by atoms with E-state index in [9.17, 15) is 0 Å². The molecule has 3 nitrogen and oxygen atoms in total. The number of aromatic nitrogens is 2. The lowest BCUT2D eigenvalue weighted by molar-refractivity contribution is 0.709. The molecular weight excluding hydrogens is 246 g/mol. The van der Waals surface area contributed by atoms with Gasteiger partial charge >= 0.3 is 0 Å². The van der Waals surface area contributed by atoms with Gasteiger partial charge in [0.15, 0.2) is 0 Å². The van der Waals surface area contributed by atoms with Crippen molar-refractivity contribution in [3.63, 3.8) is 0 Å². The Morgan fingerprint density at radius 2 is 2.00 bits per heavy atom. The third-order valence-electron chi connectivity index (χ3n) is 3.92. The summed E-state index contributed by atoms with van der Waals surface area (Å²) in [6.45, 7) is 2.95. The van der Waals surface area contributed by atoms with Crippen LogP contribution in [0.4, 0.5) is 5.82 Å². The lowest BCUT2D eigenvalue weighted by Crippen LogP contribution is -2.08. The van der Waals surface area contributed by atoms with Crippen molar-refractivity contribution in [3.05, 3.63) is 53.0 Å². The van der Waals surface area contributed by atoms with Gasteiger partial charge in [0.05, 0.1) is 0 Å². The zero-order chi connectivity index (χ0) is 13.8. The summed E-state index contributed by atoms with van der Waals surface area (Å²) >= 11 is 0. The highest BCUT2D eigenvalue weighted by Gasteiger charge is 2.13. The molecule has 0 aliphatic heterocycles. The number of rotatable bonds is 3. The molecule has 3 heteroatoms. The van der Waals surface area contributed by atoms with E-state index in [1.165, 1.54) is 41.6 Å². The number of aryl methyl sites for hydroxylation is 2. The van der Waals surface area contributed by atoms with Gasteiger partial charge in [-0.1, -0.05) is 36.2 Å². The highest BCUT2D eigenvalue weighted by molar-refractivity contribution is 5.47. The normalized spacial score (nSPS) is 14.4. The van der Waals surface area contributed by atoms with Gasteiger partial charge in [0.25, 0.3) is 0 Å². The number of fused-ring (bicyclic) bond motifs is 1. The van der Waals surface area contributed by atoms with E-state index >= 15 is 0 Å². The van der Waals surface area contributed by atoms with E-state index in [0.717, 1.165) is 25.2 Å². The Bertz CT molecular complexity index is 593. The van der Waals surface area contributed by atoms with Crippen LogP contribution in [0.5, 0.6) is 0 Å². The number of hydrogen-bond acceptors (Lipinski definition) is 3. The van der Waals surface area contributed by atoms with E-state index in [1.807, 2.05) is 0 Å². The van der Waals surface area contributed by atoms with Crippen LogP contribution in [0.2, 0.25) is 0 Å². The molecule has 1 heterocycles. The van der Waals surface area contributed by atoms with E-state index in [2.05, 4.69) is 46.5 Å². The molecule has 1 aliphatic rings. The Kier molecular flexibility index (Phi) is 3.95. The monoisotopic (exact) mass is 267 g/mol. The van der Waals surface area contributed by atoms with Gasteiger partial charge < -0.3 is 5.32 Å². The quantitative estimate of drug-likeness (QED) is 0.862. The third-order valence-corrected chi connectivity index (χ3v) is 3.92. The molecule has 20 heavy (non-hydrogen) atoms. The summed E-state index contributed by atoms with van der Waals surface area (Å²) in [6.07, 6.45) is 7.69. The van der Waals surface area contributed by atoms with Crippen LogP contribution in [0.25, 0.3) is 0 Å². The van der Waals surface area contributed by atoms with Gasteiger partial charge in [0.1, 0.15) is 12.1 Å². The van der Waals surface area contributed by atoms with E-state index in [-0.39, 0.29) is 0 Å². The van der Waals surface area contributed by atoms with E-state index in [4.69, 9.17) is 0 Å². The van der Waals surface area contributed by atoms with Crippen LogP contribution >= 0.6 is 0 Å². The van der Waals surface area contributed by atoms with Gasteiger partial charge in [-0.3, -0.25) is 0 Å². The smallest absolute Gasteiger partial charge is 0.133 e. The molecule has 1 aliphatic carbocycles. The molecule has 0 spiro atoms. The average Bonchev–Trinajstić information content (AvgIpc) is 2.71. The molecule has 0 bridgehead atoms. The molecule has 0 saturated heterocycles. The second kappa shape index (κ2) is 6.04. The first-order valence-corrected chi connectivity index (χ1v) is 7.45. The maximum Gasteiger partial charge on any atom is 0.133 e. The second-order valence-corrected chi connectivity index (χ2v) is 5.55. The predicted molar refractivity (Wildman–Crippen MR) is 81.8 cm³/mol. The summed E-state index contributed by atoms with van der Waals surface area (Å²) in [5, 5.41) is 3.49. The molecule has 2 aromatic rings. The fraction of sp³-hybridized carbons (Fsp3) is 0.412. The largest absolute Gasteiger partial charge is 0.366 e. The van der Waals surface area contributed by atoms with Crippen LogP contribution in [0, 0.1) is 6.92 Å². The predicted octanol–water partition coefficient (Wildman–Crippen LogP) is 3.67. The van der Waals surface area contributed by atoms with Crippen LogP contribution in [0.1, 0.15) is 41.6 Å². The van der Waals surface area contributed by atoms with E-state index in [0.29, 0.717) is 0 Å². The minimum absolute atomic E-state index is 0.825. The first kappa shape index (κ1) is 13.1. The number of benzene rings is 1. The number of anilines is 1. The summed E-state index contributed by atoms with van der Waals surface area (Å²) in [4.78, 5) is 8.91. The summed E-state index contributed by atoms with van der Waals surface area (Å²) < 4.78 is 0. The van der Waals surface area contributed by atoms with Gasteiger partial charge in [-0.05, 0) is 38.2 Å². The van der Waals surface area contributed by atoms with Crippen molar-refractivity contribution < 1.29 is 0 Å². The Labute approximate surface area is 120 Å². The van der Waals surface area contributed by atoms with Gasteiger partial charge in [0.2, 0.25) is 0 Å². The van der Waals surface area contributed by atoms with Crippen LogP contribution < -0.4 is 5.32 Å². The number of nitrogens with zero attached hydrogens (tertiary/aromatic N) is 2. The van der Waals surface area contributed by atoms with Crippen molar-refractivity contribution in [2.75, 3.05) is 5.32 Å². The molecule has 3 rings (SSSR count). The lowest BCUT2D eigenvalue weighted by atomic mass is 10.1. The van der Waals surface area contributed by atoms with Crippen molar-refractivity contribution in [3.8, 4) is 0 Å². The minimum Gasteiger partial charge on any atom is -0.366 e. The molecule has 1 N–H and O–H groups in total. The molecule has 0 unspecified atom stereocenters. The first-order chi connectivity index (χ1) is 9.83. The van der Waals surface area contributed by atoms with Gasteiger partial charge in [-0.15, -0.1) is 0 Å². The molecule has 0 amide bonds. The molecule has 0 radical (unpaired) electrons. The molecular formula is C17H21N3. The van der Waals surface area contributed by atoms with Crippen LogP contribution in [-0.4, -0.2) is 9.97 Å². The van der Waals surface area contributed by atoms with Gasteiger partial charge in [-0.25, -0.2) is 9.97 Å². The average molecular weight is 267 g/mol. The maximum atomic E-state index is 4.46. The van der Waals surface area contributed by atoms with E-state index in [1.54, 1.807) is 6.33 Å². The second-order valence-electron chi connectivity index (χ2n) is 5.55. The SMILES string of the molecule is Cc1cccc(CNc2ncnc3c2CCCCC3)c1. The minimum atomic E-state index is 0.825. The fourth-order valence-electron chi connectivity index (χ4n) is 2.86. The molecule has 0 atom stereocenters.